The minimum Gasteiger partial charge on any atom is -0.374 e. The second kappa shape index (κ2) is 7.58. The molecule has 0 radical (unpaired) electrons. The van der Waals surface area contributed by atoms with Crippen LogP contribution in [0.2, 0.25) is 0 Å². The summed E-state index contributed by atoms with van der Waals surface area (Å²) in [5, 5.41) is 8.17. The van der Waals surface area contributed by atoms with E-state index in [2.05, 4.69) is 42.9 Å². The van der Waals surface area contributed by atoms with E-state index in [4.69, 9.17) is 4.74 Å². The summed E-state index contributed by atoms with van der Waals surface area (Å²) < 4.78 is 6.35. The van der Waals surface area contributed by atoms with Crippen LogP contribution in [0.4, 0.5) is 0 Å². The van der Waals surface area contributed by atoms with Crippen molar-refractivity contribution in [3.8, 4) is 0 Å². The number of likely N-dealkylation sites (N-methyl/N-ethyl adjacent to an activating group) is 1. The fourth-order valence-corrected chi connectivity index (χ4v) is 4.40. The molecule has 0 aliphatic heterocycles. The summed E-state index contributed by atoms with van der Waals surface area (Å²) in [6, 6.07) is 2.69. The van der Waals surface area contributed by atoms with E-state index < -0.39 is 0 Å². The molecule has 1 aromatic rings. The third-order valence-corrected chi connectivity index (χ3v) is 5.26. The second-order valence-corrected chi connectivity index (χ2v) is 6.93. The van der Waals surface area contributed by atoms with E-state index in [1.54, 1.807) is 11.3 Å². The highest BCUT2D eigenvalue weighted by molar-refractivity contribution is 7.07. The van der Waals surface area contributed by atoms with E-state index in [9.17, 15) is 0 Å². The zero-order valence-electron chi connectivity index (χ0n) is 13.2. The Labute approximate surface area is 127 Å². The first-order valence-electron chi connectivity index (χ1n) is 8.08. The summed E-state index contributed by atoms with van der Waals surface area (Å²) in [5.41, 5.74) is 1.47. The van der Waals surface area contributed by atoms with Gasteiger partial charge in [-0.05, 0) is 61.0 Å². The van der Waals surface area contributed by atoms with Crippen LogP contribution in [0.3, 0.4) is 0 Å². The first-order chi connectivity index (χ1) is 9.70. The van der Waals surface area contributed by atoms with Gasteiger partial charge in [-0.15, -0.1) is 0 Å². The smallest absolute Gasteiger partial charge is 0.0840 e. The normalized spacial score (nSPS) is 28.4. The first-order valence-corrected chi connectivity index (χ1v) is 9.03. The van der Waals surface area contributed by atoms with Gasteiger partial charge in [-0.25, -0.2) is 0 Å². The van der Waals surface area contributed by atoms with Gasteiger partial charge >= 0.3 is 0 Å². The molecule has 0 aromatic carbocycles. The molecule has 1 N–H and O–H groups in total. The Bertz CT molecular complexity index is 374. The molecule has 1 saturated carbocycles. The minimum atomic E-state index is 0.0321. The molecular weight excluding hydrogens is 266 g/mol. The predicted molar refractivity (Wildman–Crippen MR) is 87.5 cm³/mol. The van der Waals surface area contributed by atoms with Crippen molar-refractivity contribution in [1.82, 2.24) is 5.32 Å². The Morgan fingerprint density at radius 2 is 2.35 bits per heavy atom. The molecule has 1 aliphatic rings. The molecule has 0 bridgehead atoms. The van der Waals surface area contributed by atoms with Crippen LogP contribution in [0, 0.1) is 5.92 Å². The summed E-state index contributed by atoms with van der Waals surface area (Å²) in [6.45, 7) is 8.54. The van der Waals surface area contributed by atoms with E-state index in [-0.39, 0.29) is 5.60 Å². The maximum Gasteiger partial charge on any atom is 0.0840 e. The summed E-state index contributed by atoms with van der Waals surface area (Å²) >= 11 is 1.79. The van der Waals surface area contributed by atoms with Crippen molar-refractivity contribution in [2.75, 3.05) is 13.2 Å². The molecule has 0 spiro atoms. The molecule has 1 aliphatic carbocycles. The van der Waals surface area contributed by atoms with Crippen molar-refractivity contribution in [2.45, 2.75) is 64.5 Å². The number of hydrogen-bond acceptors (Lipinski definition) is 3. The highest BCUT2D eigenvalue weighted by Gasteiger charge is 2.42. The van der Waals surface area contributed by atoms with Gasteiger partial charge in [-0.2, -0.15) is 11.3 Å². The standard InChI is InChI=1S/C17H29NOS/c1-4-18-16(11-15-8-10-20-13-15)17(19-5-2)9-6-7-14(3)12-17/h8,10,13-14,16,18H,4-7,9,11-12H2,1-3H3. The van der Waals surface area contributed by atoms with Crippen LogP contribution < -0.4 is 5.32 Å². The molecule has 2 rings (SSSR count). The predicted octanol–water partition coefficient (Wildman–Crippen LogP) is 4.25. The maximum absolute atomic E-state index is 6.35. The lowest BCUT2D eigenvalue weighted by atomic mass is 9.73. The number of hydrogen-bond donors (Lipinski definition) is 1. The van der Waals surface area contributed by atoms with E-state index in [1.165, 1.54) is 31.2 Å². The Kier molecular flexibility index (Phi) is 6.06. The average molecular weight is 295 g/mol. The van der Waals surface area contributed by atoms with Crippen molar-refractivity contribution in [1.29, 1.82) is 0 Å². The molecule has 2 nitrogen and oxygen atoms in total. The molecule has 3 atom stereocenters. The van der Waals surface area contributed by atoms with Crippen molar-refractivity contribution in [3.63, 3.8) is 0 Å². The van der Waals surface area contributed by atoms with Gasteiger partial charge in [0.05, 0.1) is 5.60 Å². The Morgan fingerprint density at radius 3 is 2.95 bits per heavy atom. The number of rotatable bonds is 7. The Morgan fingerprint density at radius 1 is 1.50 bits per heavy atom. The highest BCUT2D eigenvalue weighted by Crippen LogP contribution is 2.38. The molecule has 0 saturated heterocycles. The first kappa shape index (κ1) is 16.0. The average Bonchev–Trinajstić information content (AvgIpc) is 2.91. The Hall–Kier alpha value is -0.380. The number of ether oxygens (including phenoxy) is 1. The van der Waals surface area contributed by atoms with Crippen LogP contribution >= 0.6 is 11.3 Å². The molecule has 114 valence electrons. The molecular formula is C17H29NOS. The monoisotopic (exact) mass is 295 g/mol. The summed E-state index contributed by atoms with van der Waals surface area (Å²) in [7, 11) is 0. The van der Waals surface area contributed by atoms with Crippen molar-refractivity contribution in [2.24, 2.45) is 5.92 Å². The van der Waals surface area contributed by atoms with Crippen molar-refractivity contribution in [3.05, 3.63) is 22.4 Å². The van der Waals surface area contributed by atoms with Crippen LogP contribution in [0.25, 0.3) is 0 Å². The quantitative estimate of drug-likeness (QED) is 0.812. The Balaban J connectivity index is 2.17. The van der Waals surface area contributed by atoms with Crippen LogP contribution in [0.5, 0.6) is 0 Å². The van der Waals surface area contributed by atoms with Gasteiger partial charge in [0, 0.05) is 12.6 Å². The molecule has 1 aromatic heterocycles. The van der Waals surface area contributed by atoms with Gasteiger partial charge in [0.2, 0.25) is 0 Å². The second-order valence-electron chi connectivity index (χ2n) is 6.15. The lowest BCUT2D eigenvalue weighted by Crippen LogP contribution is -2.55. The lowest BCUT2D eigenvalue weighted by Gasteiger charge is -2.45. The maximum atomic E-state index is 6.35. The zero-order valence-corrected chi connectivity index (χ0v) is 14.0. The minimum absolute atomic E-state index is 0.0321. The van der Waals surface area contributed by atoms with Gasteiger partial charge in [-0.3, -0.25) is 0 Å². The van der Waals surface area contributed by atoms with Gasteiger partial charge in [0.1, 0.15) is 0 Å². The van der Waals surface area contributed by atoms with Crippen LogP contribution in [-0.4, -0.2) is 24.8 Å². The highest BCUT2D eigenvalue weighted by atomic mass is 32.1. The fraction of sp³-hybridized carbons (Fsp3) is 0.765. The largest absolute Gasteiger partial charge is 0.374 e. The fourth-order valence-electron chi connectivity index (χ4n) is 3.71. The summed E-state index contributed by atoms with van der Waals surface area (Å²) in [6.07, 6.45) is 6.14. The molecule has 3 unspecified atom stereocenters. The molecule has 1 fully saturated rings. The van der Waals surface area contributed by atoms with E-state index in [1.807, 2.05) is 0 Å². The summed E-state index contributed by atoms with van der Waals surface area (Å²) in [5.74, 6) is 0.777. The molecule has 0 amide bonds. The van der Waals surface area contributed by atoms with E-state index in [0.29, 0.717) is 6.04 Å². The SMILES string of the molecule is CCNC(Cc1ccsc1)C1(OCC)CCCC(C)C1. The van der Waals surface area contributed by atoms with Crippen LogP contribution in [0.1, 0.15) is 52.0 Å². The van der Waals surface area contributed by atoms with Crippen LogP contribution in [0.15, 0.2) is 16.8 Å². The zero-order chi connectivity index (χ0) is 14.4. The van der Waals surface area contributed by atoms with Gasteiger partial charge in [0.15, 0.2) is 0 Å². The van der Waals surface area contributed by atoms with Crippen LogP contribution in [-0.2, 0) is 11.2 Å². The topological polar surface area (TPSA) is 21.3 Å². The third-order valence-electron chi connectivity index (χ3n) is 4.53. The van der Waals surface area contributed by atoms with Gasteiger partial charge < -0.3 is 10.1 Å². The van der Waals surface area contributed by atoms with Gasteiger partial charge in [-0.1, -0.05) is 26.7 Å². The number of thiophene rings is 1. The summed E-state index contributed by atoms with van der Waals surface area (Å²) in [4.78, 5) is 0. The van der Waals surface area contributed by atoms with Crippen molar-refractivity contribution < 1.29 is 4.74 Å². The molecule has 3 heteroatoms. The number of nitrogens with one attached hydrogen (secondary N) is 1. The van der Waals surface area contributed by atoms with Crippen molar-refractivity contribution >= 4 is 11.3 Å². The lowest BCUT2D eigenvalue weighted by molar-refractivity contribution is -0.0998. The third kappa shape index (κ3) is 3.84. The molecule has 1 heterocycles. The van der Waals surface area contributed by atoms with Gasteiger partial charge in [0.25, 0.3) is 0 Å². The molecule has 20 heavy (non-hydrogen) atoms. The van der Waals surface area contributed by atoms with E-state index in [0.717, 1.165) is 25.5 Å². The van der Waals surface area contributed by atoms with E-state index >= 15 is 0 Å².